The van der Waals surface area contributed by atoms with Crippen LogP contribution in [0.15, 0.2) is 83.8 Å². The van der Waals surface area contributed by atoms with Crippen molar-refractivity contribution in [2.75, 3.05) is 0 Å². The van der Waals surface area contributed by atoms with E-state index in [2.05, 4.69) is 65.6 Å². The van der Waals surface area contributed by atoms with Crippen molar-refractivity contribution in [2.45, 2.75) is 0 Å². The van der Waals surface area contributed by atoms with E-state index in [1.807, 2.05) is 30.3 Å². The zero-order chi connectivity index (χ0) is 18.6. The zero-order valence-electron chi connectivity index (χ0n) is 14.4. The predicted octanol–water partition coefficient (Wildman–Crippen LogP) is 7.55. The molecule has 0 nitrogen and oxygen atoms in total. The fraction of sp³-hybridized carbons (Fsp3) is 0. The van der Waals surface area contributed by atoms with Crippen LogP contribution in [0.3, 0.4) is 0 Å². The Labute approximate surface area is 175 Å². The number of hydrogen-bond acceptors (Lipinski definition) is 0. The van der Waals surface area contributed by atoms with Crippen LogP contribution in [0.4, 0.5) is 0 Å². The van der Waals surface area contributed by atoms with E-state index in [4.69, 9.17) is 23.2 Å². The molecule has 0 unspecified atom stereocenters. The van der Waals surface area contributed by atoms with Crippen LogP contribution in [0.5, 0.6) is 0 Å². The Balaban J connectivity index is 1.82. The van der Waals surface area contributed by atoms with E-state index in [0.29, 0.717) is 0 Å². The van der Waals surface area contributed by atoms with Crippen molar-refractivity contribution in [3.8, 4) is 21.1 Å². The molecule has 4 aromatic rings. The van der Waals surface area contributed by atoms with Crippen LogP contribution in [0.1, 0.15) is 11.1 Å². The average molecular weight is 454 g/mol. The number of benzene rings is 3. The van der Waals surface area contributed by atoms with E-state index in [-0.39, 0.29) is 14.5 Å². The number of halogens is 2. The third-order valence-electron chi connectivity index (χ3n) is 4.31. The van der Waals surface area contributed by atoms with Crippen LogP contribution in [-0.2, 0) is 0 Å². The first kappa shape index (κ1) is 18.3. The monoisotopic (exact) mass is 454 g/mol. The SMILES string of the molecule is Clc1ccc(-c2[se]cc(/C=C/c3ccccc3)c2-c2ccc(Cl)cc2)cc1. The molecule has 0 radical (unpaired) electrons. The van der Waals surface area contributed by atoms with E-state index in [1.54, 1.807) is 0 Å². The first-order chi connectivity index (χ1) is 13.2. The second-order valence-electron chi connectivity index (χ2n) is 6.15. The van der Waals surface area contributed by atoms with Crippen molar-refractivity contribution < 1.29 is 0 Å². The summed E-state index contributed by atoms with van der Waals surface area (Å²) in [5.41, 5.74) is 6.14. The van der Waals surface area contributed by atoms with Gasteiger partial charge in [-0.15, -0.1) is 0 Å². The number of rotatable bonds is 4. The standard InChI is InChI=1S/C24H16Cl2Se/c25-21-12-8-18(9-13-21)23-20(7-6-17-4-2-1-3-5-17)16-27-24(23)19-10-14-22(26)15-11-19/h1-16H/b7-6+. The zero-order valence-corrected chi connectivity index (χ0v) is 17.6. The van der Waals surface area contributed by atoms with Crippen LogP contribution in [-0.4, -0.2) is 14.5 Å². The second-order valence-corrected chi connectivity index (χ2v) is 8.87. The molecule has 27 heavy (non-hydrogen) atoms. The van der Waals surface area contributed by atoms with Crippen LogP contribution >= 0.6 is 23.2 Å². The molecule has 0 aliphatic rings. The maximum absolute atomic E-state index is 6.11. The van der Waals surface area contributed by atoms with Gasteiger partial charge in [0.25, 0.3) is 0 Å². The molecule has 1 heterocycles. The predicted molar refractivity (Wildman–Crippen MR) is 120 cm³/mol. The molecule has 0 atom stereocenters. The van der Waals surface area contributed by atoms with E-state index < -0.39 is 0 Å². The average Bonchev–Trinajstić information content (AvgIpc) is 3.12. The summed E-state index contributed by atoms with van der Waals surface area (Å²) in [7, 11) is 0. The van der Waals surface area contributed by atoms with Gasteiger partial charge >= 0.3 is 176 Å². The van der Waals surface area contributed by atoms with Gasteiger partial charge in [-0.1, -0.05) is 0 Å². The van der Waals surface area contributed by atoms with Crippen molar-refractivity contribution >= 4 is 49.9 Å². The second kappa shape index (κ2) is 8.33. The number of hydrogen-bond donors (Lipinski definition) is 0. The van der Waals surface area contributed by atoms with Gasteiger partial charge in [0.2, 0.25) is 0 Å². The molecule has 0 N–H and O–H groups in total. The summed E-state index contributed by atoms with van der Waals surface area (Å²) in [6.07, 6.45) is 4.38. The molecule has 0 spiro atoms. The van der Waals surface area contributed by atoms with Crippen LogP contribution in [0, 0.1) is 0 Å². The molecular formula is C24H16Cl2Se. The summed E-state index contributed by atoms with van der Waals surface area (Å²) in [5, 5.41) is 1.51. The van der Waals surface area contributed by atoms with Gasteiger partial charge in [-0.25, -0.2) is 0 Å². The van der Waals surface area contributed by atoms with Gasteiger partial charge in [-0.3, -0.25) is 0 Å². The van der Waals surface area contributed by atoms with Gasteiger partial charge in [-0.05, 0) is 0 Å². The van der Waals surface area contributed by atoms with Crippen molar-refractivity contribution in [2.24, 2.45) is 0 Å². The molecule has 0 aliphatic carbocycles. The van der Waals surface area contributed by atoms with Gasteiger partial charge in [0, 0.05) is 0 Å². The fourth-order valence-corrected chi connectivity index (χ4v) is 5.46. The van der Waals surface area contributed by atoms with E-state index in [9.17, 15) is 0 Å². The Kier molecular flexibility index (Phi) is 5.66. The molecule has 132 valence electrons. The molecule has 0 bridgehead atoms. The summed E-state index contributed by atoms with van der Waals surface area (Å²) in [6, 6.07) is 26.6. The Bertz CT molecular complexity index is 1060. The van der Waals surface area contributed by atoms with Crippen molar-refractivity contribution in [3.63, 3.8) is 0 Å². The molecule has 0 fully saturated rings. The van der Waals surface area contributed by atoms with Crippen LogP contribution in [0.25, 0.3) is 33.3 Å². The molecule has 3 aromatic carbocycles. The minimum atomic E-state index is 0.263. The molecule has 0 aliphatic heterocycles. The molecule has 0 saturated carbocycles. The van der Waals surface area contributed by atoms with Gasteiger partial charge in [0.1, 0.15) is 0 Å². The van der Waals surface area contributed by atoms with Gasteiger partial charge in [0.15, 0.2) is 0 Å². The van der Waals surface area contributed by atoms with Crippen LogP contribution < -0.4 is 0 Å². The molecule has 1 aromatic heterocycles. The van der Waals surface area contributed by atoms with Crippen molar-refractivity contribution in [3.05, 3.63) is 105 Å². The minimum absolute atomic E-state index is 0.263. The fourth-order valence-electron chi connectivity index (χ4n) is 2.97. The van der Waals surface area contributed by atoms with E-state index in [0.717, 1.165) is 10.0 Å². The summed E-state index contributed by atoms with van der Waals surface area (Å²) in [4.78, 5) is 2.35. The van der Waals surface area contributed by atoms with Crippen molar-refractivity contribution in [1.29, 1.82) is 0 Å². The first-order valence-corrected chi connectivity index (χ1v) is 11.2. The Morgan fingerprint density at radius 2 is 1.22 bits per heavy atom. The van der Waals surface area contributed by atoms with Crippen molar-refractivity contribution in [1.82, 2.24) is 0 Å². The molecule has 0 amide bonds. The third-order valence-corrected chi connectivity index (χ3v) is 7.01. The molecule has 0 saturated heterocycles. The van der Waals surface area contributed by atoms with E-state index in [1.165, 1.54) is 32.3 Å². The Morgan fingerprint density at radius 1 is 0.630 bits per heavy atom. The van der Waals surface area contributed by atoms with Gasteiger partial charge in [0.05, 0.1) is 0 Å². The Morgan fingerprint density at radius 3 is 1.85 bits per heavy atom. The quantitative estimate of drug-likeness (QED) is 0.279. The summed E-state index contributed by atoms with van der Waals surface area (Å²) < 4.78 is 1.37. The maximum atomic E-state index is 6.11. The molecular weight excluding hydrogens is 438 g/mol. The van der Waals surface area contributed by atoms with Gasteiger partial charge < -0.3 is 0 Å². The topological polar surface area (TPSA) is 0 Å². The molecule has 3 heteroatoms. The first-order valence-electron chi connectivity index (χ1n) is 8.57. The summed E-state index contributed by atoms with van der Waals surface area (Å²) >= 11 is 12.5. The molecule has 4 rings (SSSR count). The Hall–Kier alpha value is -2.02. The summed E-state index contributed by atoms with van der Waals surface area (Å²) in [5.74, 6) is 0. The van der Waals surface area contributed by atoms with Crippen LogP contribution in [0.2, 0.25) is 10.0 Å². The van der Waals surface area contributed by atoms with Gasteiger partial charge in [-0.2, -0.15) is 0 Å². The summed E-state index contributed by atoms with van der Waals surface area (Å²) in [6.45, 7) is 0. The van der Waals surface area contributed by atoms with E-state index >= 15 is 0 Å². The normalized spacial score (nSPS) is 11.2. The third kappa shape index (κ3) is 4.29.